The Morgan fingerprint density at radius 3 is 2.95 bits per heavy atom. The highest BCUT2D eigenvalue weighted by molar-refractivity contribution is 5.95. The number of nitrogens with zero attached hydrogens (tertiary/aromatic N) is 1. The number of hydrogen-bond acceptors (Lipinski definition) is 4. The van der Waals surface area contributed by atoms with Crippen molar-refractivity contribution in [2.75, 3.05) is 37.1 Å². The minimum atomic E-state index is 0.142. The fraction of sp³-hybridized carbons (Fsp3) is 0.500. The molecule has 2 aliphatic rings. The molecule has 0 unspecified atom stereocenters. The molecule has 0 aliphatic carbocycles. The SMILES string of the molecule is CN(C(=O)C1CCNCC1)c1ccc2c(c1)NCO2. The molecule has 1 aromatic carbocycles. The lowest BCUT2D eigenvalue weighted by Gasteiger charge is -2.27. The molecule has 0 atom stereocenters. The molecule has 0 saturated carbocycles. The summed E-state index contributed by atoms with van der Waals surface area (Å²) in [6.45, 7) is 2.37. The molecule has 3 rings (SSSR count). The van der Waals surface area contributed by atoms with Gasteiger partial charge in [0.2, 0.25) is 5.91 Å². The van der Waals surface area contributed by atoms with E-state index in [0.29, 0.717) is 6.73 Å². The monoisotopic (exact) mass is 261 g/mol. The maximum Gasteiger partial charge on any atom is 0.229 e. The number of ether oxygens (including phenoxy) is 1. The zero-order chi connectivity index (χ0) is 13.2. The quantitative estimate of drug-likeness (QED) is 0.845. The van der Waals surface area contributed by atoms with Crippen molar-refractivity contribution in [2.24, 2.45) is 5.92 Å². The highest BCUT2D eigenvalue weighted by atomic mass is 16.5. The predicted molar refractivity (Wildman–Crippen MR) is 74.6 cm³/mol. The third-order valence-electron chi connectivity index (χ3n) is 3.86. The van der Waals surface area contributed by atoms with Crippen LogP contribution in [-0.4, -0.2) is 32.8 Å². The molecule has 102 valence electrons. The van der Waals surface area contributed by atoms with Crippen LogP contribution in [0.2, 0.25) is 0 Å². The summed E-state index contributed by atoms with van der Waals surface area (Å²) in [4.78, 5) is 14.2. The van der Waals surface area contributed by atoms with Crippen molar-refractivity contribution in [3.63, 3.8) is 0 Å². The molecule has 1 amide bonds. The van der Waals surface area contributed by atoms with Crippen molar-refractivity contribution in [2.45, 2.75) is 12.8 Å². The first kappa shape index (κ1) is 12.3. The van der Waals surface area contributed by atoms with E-state index in [4.69, 9.17) is 4.74 Å². The van der Waals surface area contributed by atoms with Gasteiger partial charge in [-0.1, -0.05) is 0 Å². The van der Waals surface area contributed by atoms with E-state index in [2.05, 4.69) is 10.6 Å². The highest BCUT2D eigenvalue weighted by Gasteiger charge is 2.25. The number of benzene rings is 1. The second-order valence-corrected chi connectivity index (χ2v) is 5.07. The van der Waals surface area contributed by atoms with Crippen LogP contribution < -0.4 is 20.3 Å². The van der Waals surface area contributed by atoms with E-state index in [1.165, 1.54) is 0 Å². The van der Waals surface area contributed by atoms with Crippen LogP contribution in [0, 0.1) is 5.92 Å². The number of hydrogen-bond donors (Lipinski definition) is 2. The van der Waals surface area contributed by atoms with Crippen LogP contribution in [0.3, 0.4) is 0 Å². The molecular formula is C14H19N3O2. The van der Waals surface area contributed by atoms with E-state index in [0.717, 1.165) is 43.1 Å². The number of amides is 1. The largest absolute Gasteiger partial charge is 0.471 e. The zero-order valence-electron chi connectivity index (χ0n) is 11.1. The molecule has 0 spiro atoms. The van der Waals surface area contributed by atoms with Gasteiger partial charge in [-0.25, -0.2) is 0 Å². The van der Waals surface area contributed by atoms with E-state index in [9.17, 15) is 4.79 Å². The molecule has 1 aromatic rings. The van der Waals surface area contributed by atoms with Crippen LogP contribution >= 0.6 is 0 Å². The number of carbonyl (C=O) groups is 1. The predicted octanol–water partition coefficient (Wildman–Crippen LogP) is 1.41. The van der Waals surface area contributed by atoms with Crippen molar-refractivity contribution in [1.82, 2.24) is 5.32 Å². The third-order valence-corrected chi connectivity index (χ3v) is 3.86. The van der Waals surface area contributed by atoms with Crippen molar-refractivity contribution in [1.29, 1.82) is 0 Å². The standard InChI is InChI=1S/C14H19N3O2/c1-17(14(18)10-4-6-15-7-5-10)11-2-3-13-12(8-11)16-9-19-13/h2-3,8,10,15-16H,4-7,9H2,1H3. The lowest BCUT2D eigenvalue weighted by Crippen LogP contribution is -2.39. The van der Waals surface area contributed by atoms with E-state index in [1.54, 1.807) is 4.90 Å². The van der Waals surface area contributed by atoms with Gasteiger partial charge in [0.1, 0.15) is 5.75 Å². The molecule has 1 saturated heterocycles. The summed E-state index contributed by atoms with van der Waals surface area (Å²) < 4.78 is 5.39. The molecule has 0 radical (unpaired) electrons. The van der Waals surface area contributed by atoms with Crippen LogP contribution in [0.5, 0.6) is 5.75 Å². The Kier molecular flexibility index (Phi) is 3.29. The topological polar surface area (TPSA) is 53.6 Å². The van der Waals surface area contributed by atoms with Gasteiger partial charge in [0, 0.05) is 18.7 Å². The van der Waals surface area contributed by atoms with Crippen LogP contribution in [0.1, 0.15) is 12.8 Å². The number of anilines is 2. The Hall–Kier alpha value is -1.75. The Morgan fingerprint density at radius 1 is 1.37 bits per heavy atom. The smallest absolute Gasteiger partial charge is 0.229 e. The molecular weight excluding hydrogens is 242 g/mol. The number of rotatable bonds is 2. The Labute approximate surface area is 112 Å². The van der Waals surface area contributed by atoms with Crippen molar-refractivity contribution < 1.29 is 9.53 Å². The minimum absolute atomic E-state index is 0.142. The van der Waals surface area contributed by atoms with E-state index < -0.39 is 0 Å². The molecule has 2 N–H and O–H groups in total. The summed E-state index contributed by atoms with van der Waals surface area (Å²) in [5.74, 6) is 1.20. The van der Waals surface area contributed by atoms with Gasteiger partial charge in [0.15, 0.2) is 6.73 Å². The molecule has 0 bridgehead atoms. The first-order valence-electron chi connectivity index (χ1n) is 6.75. The Balaban J connectivity index is 1.75. The van der Waals surface area contributed by atoms with E-state index in [1.807, 2.05) is 25.2 Å². The van der Waals surface area contributed by atoms with Gasteiger partial charge in [0.25, 0.3) is 0 Å². The van der Waals surface area contributed by atoms with Gasteiger partial charge in [0.05, 0.1) is 5.69 Å². The van der Waals surface area contributed by atoms with Crippen molar-refractivity contribution >= 4 is 17.3 Å². The zero-order valence-corrected chi connectivity index (χ0v) is 11.1. The van der Waals surface area contributed by atoms with Crippen LogP contribution in [0.15, 0.2) is 18.2 Å². The van der Waals surface area contributed by atoms with E-state index in [-0.39, 0.29) is 11.8 Å². The first-order valence-corrected chi connectivity index (χ1v) is 6.75. The molecule has 2 aliphatic heterocycles. The summed E-state index contributed by atoms with van der Waals surface area (Å²) >= 11 is 0. The number of carbonyl (C=O) groups excluding carboxylic acids is 1. The molecule has 19 heavy (non-hydrogen) atoms. The Morgan fingerprint density at radius 2 is 2.16 bits per heavy atom. The minimum Gasteiger partial charge on any atom is -0.471 e. The maximum atomic E-state index is 12.4. The Bertz CT molecular complexity index is 484. The van der Waals surface area contributed by atoms with Crippen molar-refractivity contribution in [3.8, 4) is 5.75 Å². The lowest BCUT2D eigenvalue weighted by atomic mass is 9.96. The lowest BCUT2D eigenvalue weighted by molar-refractivity contribution is -0.122. The average Bonchev–Trinajstić information content (AvgIpc) is 2.94. The normalized spacial score (nSPS) is 18.4. The van der Waals surface area contributed by atoms with Gasteiger partial charge in [-0.3, -0.25) is 4.79 Å². The number of nitrogens with one attached hydrogen (secondary N) is 2. The van der Waals surface area contributed by atoms with Gasteiger partial charge in [-0.05, 0) is 44.1 Å². The number of piperidine rings is 1. The van der Waals surface area contributed by atoms with Crippen LogP contribution in [0.4, 0.5) is 11.4 Å². The molecule has 0 aromatic heterocycles. The fourth-order valence-electron chi connectivity index (χ4n) is 2.65. The highest BCUT2D eigenvalue weighted by Crippen LogP contribution is 2.33. The second-order valence-electron chi connectivity index (χ2n) is 5.07. The third kappa shape index (κ3) is 2.38. The molecule has 1 fully saturated rings. The van der Waals surface area contributed by atoms with Crippen LogP contribution in [0.25, 0.3) is 0 Å². The summed E-state index contributed by atoms with van der Waals surface area (Å²) in [5.41, 5.74) is 1.88. The van der Waals surface area contributed by atoms with Gasteiger partial charge < -0.3 is 20.3 Å². The van der Waals surface area contributed by atoms with E-state index >= 15 is 0 Å². The van der Waals surface area contributed by atoms with Gasteiger partial charge in [-0.15, -0.1) is 0 Å². The van der Waals surface area contributed by atoms with Gasteiger partial charge >= 0.3 is 0 Å². The second kappa shape index (κ2) is 5.09. The summed E-state index contributed by atoms with van der Waals surface area (Å²) in [6, 6.07) is 5.82. The summed E-state index contributed by atoms with van der Waals surface area (Å²) in [5, 5.41) is 6.43. The maximum absolute atomic E-state index is 12.4. The van der Waals surface area contributed by atoms with Crippen molar-refractivity contribution in [3.05, 3.63) is 18.2 Å². The molecule has 5 nitrogen and oxygen atoms in total. The molecule has 5 heteroatoms. The summed E-state index contributed by atoms with van der Waals surface area (Å²) in [6.07, 6.45) is 1.85. The van der Waals surface area contributed by atoms with Crippen LogP contribution in [-0.2, 0) is 4.79 Å². The first-order chi connectivity index (χ1) is 9.25. The molecule has 2 heterocycles. The number of fused-ring (bicyclic) bond motifs is 1. The summed E-state index contributed by atoms with van der Waals surface area (Å²) in [7, 11) is 1.85. The van der Waals surface area contributed by atoms with Gasteiger partial charge in [-0.2, -0.15) is 0 Å². The average molecular weight is 261 g/mol. The fourth-order valence-corrected chi connectivity index (χ4v) is 2.65.